The van der Waals surface area contributed by atoms with Gasteiger partial charge in [0.1, 0.15) is 0 Å². The minimum Gasteiger partial charge on any atom is -0.396 e. The molecule has 96 valence electrons. The van der Waals surface area contributed by atoms with E-state index in [-0.39, 0.29) is 12.5 Å². The number of hydrogen-bond donors (Lipinski definition) is 1. The summed E-state index contributed by atoms with van der Waals surface area (Å²) >= 11 is 0. The van der Waals surface area contributed by atoms with Gasteiger partial charge >= 0.3 is 6.18 Å². The summed E-state index contributed by atoms with van der Waals surface area (Å²) in [4.78, 5) is 0. The van der Waals surface area contributed by atoms with E-state index in [1.165, 1.54) is 6.07 Å². The molecule has 1 aromatic rings. The smallest absolute Gasteiger partial charge is 0.396 e. The van der Waals surface area contributed by atoms with Crippen molar-refractivity contribution >= 4 is 0 Å². The molecule has 0 heterocycles. The lowest BCUT2D eigenvalue weighted by molar-refractivity contribution is -0.137. The monoisotopic (exact) mass is 246 g/mol. The van der Waals surface area contributed by atoms with Crippen molar-refractivity contribution in [2.45, 2.75) is 38.8 Å². The molecule has 0 saturated carbocycles. The lowest BCUT2D eigenvalue weighted by Gasteiger charge is -2.15. The fourth-order valence-corrected chi connectivity index (χ4v) is 1.70. The number of rotatable bonds is 4. The number of aryl methyl sites for hydroxylation is 1. The molecule has 0 saturated heterocycles. The van der Waals surface area contributed by atoms with Gasteiger partial charge in [-0.2, -0.15) is 13.2 Å². The van der Waals surface area contributed by atoms with E-state index >= 15 is 0 Å². The van der Waals surface area contributed by atoms with Gasteiger partial charge in [0.25, 0.3) is 0 Å². The van der Waals surface area contributed by atoms with E-state index in [4.69, 9.17) is 5.11 Å². The largest absolute Gasteiger partial charge is 0.416 e. The molecule has 0 amide bonds. The maximum atomic E-state index is 12.7. The molecule has 1 nitrogen and oxygen atoms in total. The number of hydrogen-bond acceptors (Lipinski definition) is 1. The van der Waals surface area contributed by atoms with Crippen LogP contribution in [-0.4, -0.2) is 11.7 Å². The van der Waals surface area contributed by atoms with Crippen molar-refractivity contribution < 1.29 is 18.3 Å². The Bertz CT molecular complexity index is 371. The molecule has 17 heavy (non-hydrogen) atoms. The first kappa shape index (κ1) is 14.0. The fraction of sp³-hybridized carbons (Fsp3) is 0.538. The zero-order valence-electron chi connectivity index (χ0n) is 10.0. The first-order valence-corrected chi connectivity index (χ1v) is 5.70. The van der Waals surface area contributed by atoms with Crippen molar-refractivity contribution in [1.82, 2.24) is 0 Å². The molecular formula is C13H17F3O. The molecule has 0 aromatic heterocycles. The zero-order chi connectivity index (χ0) is 13.1. The molecule has 0 spiro atoms. The van der Waals surface area contributed by atoms with E-state index in [1.54, 1.807) is 13.0 Å². The molecule has 0 aliphatic heterocycles. The lowest BCUT2D eigenvalue weighted by atomic mass is 9.95. The van der Waals surface area contributed by atoms with Crippen LogP contribution in [0.2, 0.25) is 0 Å². The highest BCUT2D eigenvalue weighted by Crippen LogP contribution is 2.32. The molecule has 0 radical (unpaired) electrons. The van der Waals surface area contributed by atoms with E-state index in [0.717, 1.165) is 12.5 Å². The third-order valence-corrected chi connectivity index (χ3v) is 2.72. The predicted octanol–water partition coefficient (Wildman–Crippen LogP) is 3.75. The Kier molecular flexibility index (Phi) is 4.57. The molecule has 1 aromatic carbocycles. The van der Waals surface area contributed by atoms with Gasteiger partial charge in [-0.15, -0.1) is 0 Å². The second-order valence-electron chi connectivity index (χ2n) is 4.29. The third-order valence-electron chi connectivity index (χ3n) is 2.72. The summed E-state index contributed by atoms with van der Waals surface area (Å²) in [7, 11) is 0. The van der Waals surface area contributed by atoms with Gasteiger partial charge in [-0.3, -0.25) is 0 Å². The molecule has 1 atom stereocenters. The Balaban J connectivity index is 3.18. The SMILES string of the molecule is CCCc1cc(C(C)CO)cc(C(F)(F)F)c1. The van der Waals surface area contributed by atoms with Gasteiger partial charge in [0.05, 0.1) is 5.56 Å². The van der Waals surface area contributed by atoms with E-state index in [2.05, 4.69) is 0 Å². The number of aliphatic hydroxyl groups is 1. The van der Waals surface area contributed by atoms with Crippen LogP contribution >= 0.6 is 0 Å². The molecule has 1 rings (SSSR count). The summed E-state index contributed by atoms with van der Waals surface area (Å²) in [5.74, 6) is -0.270. The summed E-state index contributed by atoms with van der Waals surface area (Å²) in [5.41, 5.74) is 0.599. The molecule has 0 fully saturated rings. The van der Waals surface area contributed by atoms with E-state index in [9.17, 15) is 13.2 Å². The molecule has 0 aliphatic rings. The van der Waals surface area contributed by atoms with Gasteiger partial charge in [-0.05, 0) is 29.7 Å². The first-order valence-electron chi connectivity index (χ1n) is 5.70. The second kappa shape index (κ2) is 5.54. The quantitative estimate of drug-likeness (QED) is 0.857. The average molecular weight is 246 g/mol. The third kappa shape index (κ3) is 3.73. The Hall–Kier alpha value is -1.03. The Labute approximate surface area is 99.3 Å². The van der Waals surface area contributed by atoms with Crippen molar-refractivity contribution in [2.75, 3.05) is 6.61 Å². The molecule has 1 N–H and O–H groups in total. The minimum atomic E-state index is -4.33. The van der Waals surface area contributed by atoms with Crippen LogP contribution in [0.25, 0.3) is 0 Å². The van der Waals surface area contributed by atoms with Gasteiger partial charge < -0.3 is 5.11 Å². The topological polar surface area (TPSA) is 20.2 Å². The van der Waals surface area contributed by atoms with E-state index in [0.29, 0.717) is 17.5 Å². The van der Waals surface area contributed by atoms with Crippen LogP contribution < -0.4 is 0 Å². The maximum Gasteiger partial charge on any atom is 0.416 e. The van der Waals surface area contributed by atoms with Crippen molar-refractivity contribution in [1.29, 1.82) is 0 Å². The van der Waals surface area contributed by atoms with Crippen LogP contribution in [0.4, 0.5) is 13.2 Å². The maximum absolute atomic E-state index is 12.7. The average Bonchev–Trinajstić information content (AvgIpc) is 2.27. The highest BCUT2D eigenvalue weighted by molar-refractivity contribution is 5.34. The summed E-state index contributed by atoms with van der Waals surface area (Å²) in [6, 6.07) is 4.07. The van der Waals surface area contributed by atoms with Gasteiger partial charge in [0, 0.05) is 12.5 Å². The van der Waals surface area contributed by atoms with E-state index in [1.807, 2.05) is 6.92 Å². The van der Waals surface area contributed by atoms with Gasteiger partial charge in [-0.25, -0.2) is 0 Å². The number of benzene rings is 1. The van der Waals surface area contributed by atoms with Crippen molar-refractivity contribution in [3.05, 3.63) is 34.9 Å². The van der Waals surface area contributed by atoms with Gasteiger partial charge in [0.15, 0.2) is 0 Å². The number of alkyl halides is 3. The van der Waals surface area contributed by atoms with Crippen molar-refractivity contribution in [2.24, 2.45) is 0 Å². The van der Waals surface area contributed by atoms with Crippen LogP contribution in [0.15, 0.2) is 18.2 Å². The standard InChI is InChI=1S/C13H17F3O/c1-3-4-10-5-11(9(2)8-17)7-12(6-10)13(14,15)16/h5-7,9,17H,3-4,8H2,1-2H3. The number of halogens is 3. The summed E-state index contributed by atoms with van der Waals surface area (Å²) < 4.78 is 38.1. The number of aliphatic hydroxyl groups excluding tert-OH is 1. The summed E-state index contributed by atoms with van der Waals surface area (Å²) in [6.07, 6.45) is -2.91. The highest BCUT2D eigenvalue weighted by Gasteiger charge is 2.31. The lowest BCUT2D eigenvalue weighted by Crippen LogP contribution is -2.09. The fourth-order valence-electron chi connectivity index (χ4n) is 1.70. The second-order valence-corrected chi connectivity index (χ2v) is 4.29. The highest BCUT2D eigenvalue weighted by atomic mass is 19.4. The molecule has 4 heteroatoms. The Morgan fingerprint density at radius 3 is 2.35 bits per heavy atom. The van der Waals surface area contributed by atoms with E-state index < -0.39 is 11.7 Å². The summed E-state index contributed by atoms with van der Waals surface area (Å²) in [5, 5.41) is 9.02. The zero-order valence-corrected chi connectivity index (χ0v) is 10.0. The first-order chi connectivity index (χ1) is 7.88. The molecule has 0 bridgehead atoms. The van der Waals surface area contributed by atoms with Crippen molar-refractivity contribution in [3.8, 4) is 0 Å². The molecule has 0 aliphatic carbocycles. The van der Waals surface area contributed by atoms with Crippen LogP contribution in [0.3, 0.4) is 0 Å². The van der Waals surface area contributed by atoms with Crippen molar-refractivity contribution in [3.63, 3.8) is 0 Å². The Morgan fingerprint density at radius 1 is 1.24 bits per heavy atom. The van der Waals surface area contributed by atoms with Crippen LogP contribution in [-0.2, 0) is 12.6 Å². The molecule has 1 unspecified atom stereocenters. The van der Waals surface area contributed by atoms with Crippen LogP contribution in [0.5, 0.6) is 0 Å². The normalized spacial score (nSPS) is 13.8. The predicted molar refractivity (Wildman–Crippen MR) is 60.9 cm³/mol. The van der Waals surface area contributed by atoms with Gasteiger partial charge in [0.2, 0.25) is 0 Å². The molecular weight excluding hydrogens is 229 g/mol. The van der Waals surface area contributed by atoms with Gasteiger partial charge in [-0.1, -0.05) is 26.3 Å². The Morgan fingerprint density at radius 2 is 1.88 bits per heavy atom. The summed E-state index contributed by atoms with van der Waals surface area (Å²) in [6.45, 7) is 3.49. The van der Waals surface area contributed by atoms with Crippen LogP contribution in [0.1, 0.15) is 42.9 Å². The minimum absolute atomic E-state index is 0.146. The van der Waals surface area contributed by atoms with Crippen LogP contribution in [0, 0.1) is 0 Å².